The third-order valence-corrected chi connectivity index (χ3v) is 6.73. The summed E-state index contributed by atoms with van der Waals surface area (Å²) in [6.07, 6.45) is 2.66. The molecule has 3 heterocycles. The van der Waals surface area contributed by atoms with E-state index in [0.29, 0.717) is 18.1 Å². The third kappa shape index (κ3) is 2.82. The van der Waals surface area contributed by atoms with Gasteiger partial charge in [-0.15, -0.1) is 0 Å². The summed E-state index contributed by atoms with van der Waals surface area (Å²) in [5, 5.41) is 1.83. The normalized spacial score (nSPS) is 20.6. The second kappa shape index (κ2) is 7.43. The zero-order valence-corrected chi connectivity index (χ0v) is 18.0. The number of nitrogens with one attached hydrogen (secondary N) is 1. The van der Waals surface area contributed by atoms with Crippen LogP contribution in [0.2, 0.25) is 0 Å². The summed E-state index contributed by atoms with van der Waals surface area (Å²) in [5.74, 6) is 0.940. The highest BCUT2D eigenvalue weighted by Crippen LogP contribution is 2.44. The fourth-order valence-corrected chi connectivity index (χ4v) is 5.20. The monoisotopic (exact) mass is 419 g/mol. The second-order valence-electron chi connectivity index (χ2n) is 7.99. The number of rotatable bonds is 5. The van der Waals surface area contributed by atoms with E-state index < -0.39 is 0 Å². The van der Waals surface area contributed by atoms with E-state index in [2.05, 4.69) is 47.1 Å². The molecule has 5 nitrogen and oxygen atoms in total. The van der Waals surface area contributed by atoms with Gasteiger partial charge in [-0.25, -0.2) is 0 Å². The van der Waals surface area contributed by atoms with Crippen molar-refractivity contribution in [1.29, 1.82) is 0 Å². The number of carbonyl (C=O) groups excluding carboxylic acids is 1. The average molecular weight is 420 g/mol. The van der Waals surface area contributed by atoms with Crippen LogP contribution in [0.3, 0.4) is 0 Å². The maximum absolute atomic E-state index is 13.4. The summed E-state index contributed by atoms with van der Waals surface area (Å²) < 4.78 is 5.35. The molecule has 0 bridgehead atoms. The lowest BCUT2D eigenvalue weighted by Crippen LogP contribution is -2.44. The summed E-state index contributed by atoms with van der Waals surface area (Å²) in [7, 11) is 1.67. The Morgan fingerprint density at radius 3 is 2.67 bits per heavy atom. The molecule has 154 valence electrons. The molecule has 6 heteroatoms. The van der Waals surface area contributed by atoms with Crippen molar-refractivity contribution in [3.05, 3.63) is 65.4 Å². The van der Waals surface area contributed by atoms with Crippen LogP contribution in [0.1, 0.15) is 42.6 Å². The van der Waals surface area contributed by atoms with Gasteiger partial charge < -0.3 is 14.6 Å². The van der Waals surface area contributed by atoms with Gasteiger partial charge in [0.15, 0.2) is 5.11 Å². The van der Waals surface area contributed by atoms with Crippen LogP contribution >= 0.6 is 12.2 Å². The van der Waals surface area contributed by atoms with Crippen molar-refractivity contribution >= 4 is 34.1 Å². The maximum atomic E-state index is 13.4. The van der Waals surface area contributed by atoms with Gasteiger partial charge in [-0.05, 0) is 48.0 Å². The molecule has 0 radical (unpaired) electrons. The number of unbranched alkanes of at least 4 members (excludes halogenated alkanes) is 1. The van der Waals surface area contributed by atoms with E-state index >= 15 is 0 Å². The number of ether oxygens (including phenoxy) is 1. The summed E-state index contributed by atoms with van der Waals surface area (Å²) in [4.78, 5) is 21.0. The molecular formula is C24H25N3O2S. The van der Waals surface area contributed by atoms with Crippen molar-refractivity contribution in [3.63, 3.8) is 0 Å². The zero-order valence-electron chi connectivity index (χ0n) is 17.2. The van der Waals surface area contributed by atoms with Gasteiger partial charge in [-0.2, -0.15) is 0 Å². The highest BCUT2D eigenvalue weighted by molar-refractivity contribution is 7.80. The molecule has 30 heavy (non-hydrogen) atoms. The first kappa shape index (κ1) is 19.1. The van der Waals surface area contributed by atoms with Gasteiger partial charge in [-0.1, -0.05) is 43.7 Å². The van der Waals surface area contributed by atoms with E-state index in [9.17, 15) is 4.79 Å². The van der Waals surface area contributed by atoms with Crippen LogP contribution in [0.25, 0.3) is 10.9 Å². The quantitative estimate of drug-likeness (QED) is 0.622. The van der Waals surface area contributed by atoms with Crippen LogP contribution in [-0.4, -0.2) is 45.5 Å². The zero-order chi connectivity index (χ0) is 20.8. The molecule has 2 aromatic carbocycles. The van der Waals surface area contributed by atoms with Crippen molar-refractivity contribution in [1.82, 2.24) is 14.8 Å². The predicted molar refractivity (Wildman–Crippen MR) is 122 cm³/mol. The van der Waals surface area contributed by atoms with Crippen LogP contribution in [0.5, 0.6) is 5.75 Å². The van der Waals surface area contributed by atoms with Gasteiger partial charge in [-0.3, -0.25) is 9.69 Å². The molecule has 1 aromatic heterocycles. The molecule has 2 unspecified atom stereocenters. The minimum absolute atomic E-state index is 0.125. The molecule has 0 spiro atoms. The van der Waals surface area contributed by atoms with Crippen molar-refractivity contribution in [2.24, 2.45) is 0 Å². The molecule has 3 aromatic rings. The molecule has 2 atom stereocenters. The lowest BCUT2D eigenvalue weighted by molar-refractivity contribution is -0.128. The van der Waals surface area contributed by atoms with E-state index in [0.717, 1.165) is 35.4 Å². The largest absolute Gasteiger partial charge is 0.497 e. The minimum Gasteiger partial charge on any atom is -0.497 e. The molecule has 2 aliphatic heterocycles. The molecule has 0 aliphatic carbocycles. The van der Waals surface area contributed by atoms with Crippen LogP contribution < -0.4 is 4.74 Å². The summed E-state index contributed by atoms with van der Waals surface area (Å²) in [6.45, 7) is 2.82. The van der Waals surface area contributed by atoms with Gasteiger partial charge in [0.2, 0.25) is 0 Å². The Morgan fingerprint density at radius 1 is 1.17 bits per heavy atom. The lowest BCUT2D eigenvalue weighted by atomic mass is 9.89. The number of nitrogens with zero attached hydrogens (tertiary/aromatic N) is 2. The number of aromatic amines is 1. The number of H-pyrrole nitrogens is 1. The van der Waals surface area contributed by atoms with Crippen LogP contribution in [0.4, 0.5) is 0 Å². The minimum atomic E-state index is -0.256. The number of benzene rings is 2. The first-order valence-electron chi connectivity index (χ1n) is 10.5. The van der Waals surface area contributed by atoms with E-state index in [4.69, 9.17) is 17.0 Å². The first-order valence-corrected chi connectivity index (χ1v) is 10.9. The molecular weight excluding hydrogens is 394 g/mol. The Kier molecular flexibility index (Phi) is 4.74. The predicted octanol–water partition coefficient (Wildman–Crippen LogP) is 4.42. The van der Waals surface area contributed by atoms with Crippen molar-refractivity contribution in [3.8, 4) is 5.75 Å². The van der Waals surface area contributed by atoms with E-state index in [1.807, 2.05) is 23.1 Å². The van der Waals surface area contributed by atoms with E-state index in [-0.39, 0.29) is 18.0 Å². The molecule has 1 amide bonds. The highest BCUT2D eigenvalue weighted by Gasteiger charge is 2.50. The maximum Gasteiger partial charge on any atom is 0.251 e. The van der Waals surface area contributed by atoms with Crippen molar-refractivity contribution < 1.29 is 9.53 Å². The average Bonchev–Trinajstić information content (AvgIpc) is 3.26. The number of thiocarbonyl (C=S) groups is 1. The number of aromatic nitrogens is 1. The van der Waals surface area contributed by atoms with Crippen molar-refractivity contribution in [2.45, 2.75) is 38.3 Å². The fraction of sp³-hybridized carbons (Fsp3) is 0.333. The van der Waals surface area contributed by atoms with Crippen LogP contribution in [0.15, 0.2) is 48.5 Å². The van der Waals surface area contributed by atoms with Gasteiger partial charge in [0.25, 0.3) is 5.91 Å². The molecule has 2 aliphatic rings. The summed E-state index contributed by atoms with van der Waals surface area (Å²) >= 11 is 5.86. The second-order valence-corrected chi connectivity index (χ2v) is 8.36. The topological polar surface area (TPSA) is 48.6 Å². The Labute approximate surface area is 181 Å². The number of hydrogen-bond acceptors (Lipinski definition) is 3. The number of amides is 1. The molecule has 1 saturated heterocycles. The van der Waals surface area contributed by atoms with Gasteiger partial charge in [0.1, 0.15) is 11.8 Å². The van der Waals surface area contributed by atoms with Crippen LogP contribution in [-0.2, 0) is 11.2 Å². The summed E-state index contributed by atoms with van der Waals surface area (Å²) in [5.41, 5.74) is 4.55. The van der Waals surface area contributed by atoms with Gasteiger partial charge in [0.05, 0.1) is 13.2 Å². The van der Waals surface area contributed by atoms with Crippen LogP contribution in [0, 0.1) is 0 Å². The number of methoxy groups -OCH3 is 1. The van der Waals surface area contributed by atoms with E-state index in [1.165, 1.54) is 10.9 Å². The molecule has 1 fully saturated rings. The third-order valence-electron chi connectivity index (χ3n) is 6.30. The highest BCUT2D eigenvalue weighted by atomic mass is 32.1. The summed E-state index contributed by atoms with van der Waals surface area (Å²) in [6, 6.07) is 16.0. The number of fused-ring (bicyclic) bond motifs is 4. The Morgan fingerprint density at radius 2 is 1.93 bits per heavy atom. The Hall–Kier alpha value is -2.86. The molecule has 1 N–H and O–H groups in total. The smallest absolute Gasteiger partial charge is 0.251 e. The molecule has 0 saturated carbocycles. The SMILES string of the molecule is CCCCN1C(=O)C2Cc3c([nH]c4ccccc34)C(c3ccc(OC)cc3)N2C1=S. The first-order chi connectivity index (χ1) is 14.6. The van der Waals surface area contributed by atoms with Crippen molar-refractivity contribution in [2.75, 3.05) is 13.7 Å². The van der Waals surface area contributed by atoms with Gasteiger partial charge >= 0.3 is 0 Å². The number of para-hydroxylation sites is 1. The number of hydrogen-bond donors (Lipinski definition) is 1. The Bertz CT molecular complexity index is 1120. The number of carbonyl (C=O) groups is 1. The lowest BCUT2D eigenvalue weighted by Gasteiger charge is -2.37. The Balaban J connectivity index is 1.66. The standard InChI is InChI=1S/C24H25N3O2S/c1-3-4-13-26-23(28)20-14-18-17-7-5-6-8-19(17)25-21(18)22(27(20)24(26)30)15-9-11-16(29-2)12-10-15/h5-12,20,22,25H,3-4,13-14H2,1-2H3. The molecule has 5 rings (SSSR count). The van der Waals surface area contributed by atoms with Gasteiger partial charge in [0, 0.05) is 29.6 Å². The fourth-order valence-electron chi connectivity index (χ4n) is 4.78. The van der Waals surface area contributed by atoms with E-state index in [1.54, 1.807) is 7.11 Å².